The first-order valence-electron chi connectivity index (χ1n) is 10.2. The van der Waals surface area contributed by atoms with E-state index in [9.17, 15) is 9.90 Å². The van der Waals surface area contributed by atoms with E-state index in [-0.39, 0.29) is 5.91 Å². The summed E-state index contributed by atoms with van der Waals surface area (Å²) in [5.41, 5.74) is 1.42. The van der Waals surface area contributed by atoms with E-state index in [2.05, 4.69) is 46.2 Å². The number of benzene rings is 1. The summed E-state index contributed by atoms with van der Waals surface area (Å²) in [7, 11) is -3.83. The number of hydrogen-bond acceptors (Lipinski definition) is 3. The molecule has 7 heteroatoms. The molecule has 0 saturated heterocycles. The van der Waals surface area contributed by atoms with Crippen LogP contribution in [0.4, 0.5) is 0 Å². The van der Waals surface area contributed by atoms with Crippen LogP contribution in [0, 0.1) is 5.92 Å². The van der Waals surface area contributed by atoms with Crippen LogP contribution in [0.15, 0.2) is 35.9 Å². The molecule has 0 aliphatic rings. The lowest BCUT2D eigenvalue weighted by Crippen LogP contribution is -2.43. The Labute approximate surface area is 175 Å². The summed E-state index contributed by atoms with van der Waals surface area (Å²) in [5, 5.41) is 9.53. The van der Waals surface area contributed by atoms with E-state index < -0.39 is 32.1 Å². The Morgan fingerprint density at radius 2 is 1.61 bits per heavy atom. The van der Waals surface area contributed by atoms with Crippen molar-refractivity contribution in [2.45, 2.75) is 71.0 Å². The van der Waals surface area contributed by atoms with Crippen molar-refractivity contribution >= 4 is 38.2 Å². The van der Waals surface area contributed by atoms with E-state index in [1.54, 1.807) is 6.08 Å². The third kappa shape index (κ3) is 11.8. The average Bonchev–Trinajstić information content (AvgIpc) is 2.54. The van der Waals surface area contributed by atoms with Crippen LogP contribution in [0.2, 0.25) is 45.3 Å². The monoisotopic (exact) mass is 438 g/mol. The number of aliphatic carboxylic acids is 1. The van der Waals surface area contributed by atoms with Crippen LogP contribution in [0.3, 0.4) is 0 Å². The fraction of sp³-hybridized carbons (Fsp3) is 0.571. The molecule has 0 radical (unpaired) electrons. The van der Waals surface area contributed by atoms with E-state index >= 15 is 0 Å². The van der Waals surface area contributed by atoms with Crippen LogP contribution in [-0.4, -0.2) is 43.1 Å². The Kier molecular flexibility index (Phi) is 10.1. The largest absolute Gasteiger partial charge is 0.478 e. The van der Waals surface area contributed by atoms with E-state index in [1.807, 2.05) is 30.3 Å². The number of hydrogen-bond donors (Lipinski definition) is 1. The highest BCUT2D eigenvalue weighted by atomic mass is 28.4. The molecule has 0 aromatic heterocycles. The lowest BCUT2D eigenvalue weighted by Gasteiger charge is -2.32. The van der Waals surface area contributed by atoms with Gasteiger partial charge in [0.1, 0.15) is 5.91 Å². The van der Waals surface area contributed by atoms with Crippen molar-refractivity contribution in [2.24, 2.45) is 5.92 Å². The second-order valence-corrected chi connectivity index (χ2v) is 20.2. The van der Waals surface area contributed by atoms with Gasteiger partial charge in [-0.3, -0.25) is 0 Å². The Morgan fingerprint density at radius 3 is 2.07 bits per heavy atom. The summed E-state index contributed by atoms with van der Waals surface area (Å²) in [6.45, 7) is 15.5. The van der Waals surface area contributed by atoms with E-state index in [0.717, 1.165) is 18.0 Å². The Morgan fingerprint density at radius 1 is 1.07 bits per heavy atom. The zero-order valence-corrected chi connectivity index (χ0v) is 22.0. The SMILES string of the molecule is CC(CCC(=Cc1ccccc1)C(=O)O)C[SiH2]C(O[Si](C)(C)C)O[Si](C)(C)C. The molecule has 4 nitrogen and oxygen atoms in total. The maximum atomic E-state index is 11.6. The molecular weight excluding hydrogens is 400 g/mol. The molecule has 158 valence electrons. The van der Waals surface area contributed by atoms with Crippen LogP contribution in [0.1, 0.15) is 25.3 Å². The molecule has 0 amide bonds. The van der Waals surface area contributed by atoms with Crippen molar-refractivity contribution in [3.05, 3.63) is 41.5 Å². The Balaban J connectivity index is 2.61. The lowest BCUT2D eigenvalue weighted by atomic mass is 10.0. The summed E-state index contributed by atoms with van der Waals surface area (Å²) >= 11 is 0. The molecule has 1 N–H and O–H groups in total. The molecule has 1 atom stereocenters. The highest BCUT2D eigenvalue weighted by Gasteiger charge is 2.27. The van der Waals surface area contributed by atoms with Gasteiger partial charge in [-0.05, 0) is 69.7 Å². The molecule has 0 bridgehead atoms. The fourth-order valence-electron chi connectivity index (χ4n) is 2.89. The first-order valence-corrected chi connectivity index (χ1v) is 18.8. The molecule has 0 aliphatic heterocycles. The first-order chi connectivity index (χ1) is 12.9. The summed E-state index contributed by atoms with van der Waals surface area (Å²) in [4.78, 5) is 11.6. The number of carboxylic acids is 1. The second kappa shape index (κ2) is 11.3. The first kappa shape index (κ1) is 25.0. The van der Waals surface area contributed by atoms with Gasteiger partial charge in [-0.2, -0.15) is 0 Å². The molecule has 1 rings (SSSR count). The van der Waals surface area contributed by atoms with Crippen molar-refractivity contribution in [1.82, 2.24) is 0 Å². The summed E-state index contributed by atoms with van der Waals surface area (Å²) < 4.78 is 12.6. The van der Waals surface area contributed by atoms with Crippen molar-refractivity contribution in [1.29, 1.82) is 0 Å². The quantitative estimate of drug-likeness (QED) is 0.279. The van der Waals surface area contributed by atoms with Gasteiger partial charge in [-0.1, -0.05) is 43.3 Å². The number of carbonyl (C=O) groups is 1. The Hall–Kier alpha value is -0.999. The third-order valence-electron chi connectivity index (χ3n) is 4.19. The number of carboxylic acid groups (broad SMARTS) is 1. The van der Waals surface area contributed by atoms with Gasteiger partial charge in [0, 0.05) is 5.57 Å². The van der Waals surface area contributed by atoms with Gasteiger partial charge in [-0.15, -0.1) is 0 Å². The molecule has 1 aromatic rings. The van der Waals surface area contributed by atoms with Gasteiger partial charge in [-0.25, -0.2) is 4.79 Å². The highest BCUT2D eigenvalue weighted by molar-refractivity contribution is 6.71. The van der Waals surface area contributed by atoms with Crippen molar-refractivity contribution in [2.75, 3.05) is 0 Å². The van der Waals surface area contributed by atoms with Gasteiger partial charge in [0.2, 0.25) is 0 Å². The molecule has 1 unspecified atom stereocenters. The highest BCUT2D eigenvalue weighted by Crippen LogP contribution is 2.21. The standard InChI is InChI=1S/C21H38O4Si3/c1-17(16-26-21(24-27(2,3)4)25-28(5,6)7)13-14-19(20(22)23)15-18-11-9-8-10-12-18/h8-12,15,17,21H,13-14,16,26H2,1-7H3,(H,22,23). The topological polar surface area (TPSA) is 55.8 Å². The summed E-state index contributed by atoms with van der Waals surface area (Å²) in [6.07, 6.45) is 3.26. The second-order valence-electron chi connectivity index (χ2n) is 9.50. The third-order valence-corrected chi connectivity index (χ3v) is 8.92. The van der Waals surface area contributed by atoms with E-state index in [4.69, 9.17) is 8.85 Å². The van der Waals surface area contributed by atoms with E-state index in [0.29, 0.717) is 17.9 Å². The minimum Gasteiger partial charge on any atom is -0.478 e. The maximum absolute atomic E-state index is 11.6. The molecule has 0 saturated carbocycles. The molecule has 0 spiro atoms. The molecule has 0 heterocycles. The summed E-state index contributed by atoms with van der Waals surface area (Å²) in [5.74, 6) is -0.349. The van der Waals surface area contributed by atoms with E-state index in [1.165, 1.54) is 0 Å². The molecule has 0 aliphatic carbocycles. The number of rotatable bonds is 12. The average molecular weight is 439 g/mol. The predicted molar refractivity (Wildman–Crippen MR) is 126 cm³/mol. The zero-order valence-electron chi connectivity index (χ0n) is 18.6. The fourth-order valence-corrected chi connectivity index (χ4v) is 9.73. The maximum Gasteiger partial charge on any atom is 0.331 e. The molecule has 1 aromatic carbocycles. The van der Waals surface area contributed by atoms with Crippen LogP contribution in [-0.2, 0) is 13.6 Å². The normalized spacial score (nSPS) is 14.8. The smallest absolute Gasteiger partial charge is 0.331 e. The van der Waals surface area contributed by atoms with Crippen molar-refractivity contribution in [3.63, 3.8) is 0 Å². The van der Waals surface area contributed by atoms with Gasteiger partial charge < -0.3 is 14.0 Å². The van der Waals surface area contributed by atoms with Gasteiger partial charge >= 0.3 is 5.97 Å². The molecule has 0 fully saturated rings. The predicted octanol–water partition coefficient (Wildman–Crippen LogP) is 5.14. The summed E-state index contributed by atoms with van der Waals surface area (Å²) in [6, 6.07) is 10.8. The van der Waals surface area contributed by atoms with Crippen LogP contribution in [0.5, 0.6) is 0 Å². The van der Waals surface area contributed by atoms with Crippen LogP contribution >= 0.6 is 0 Å². The Bertz CT molecular complexity index is 617. The minimum atomic E-state index is -1.64. The minimum absolute atomic E-state index is 0.000381. The molecule has 28 heavy (non-hydrogen) atoms. The van der Waals surface area contributed by atoms with Crippen LogP contribution in [0.25, 0.3) is 6.08 Å². The lowest BCUT2D eigenvalue weighted by molar-refractivity contribution is -0.132. The van der Waals surface area contributed by atoms with Gasteiger partial charge in [0.15, 0.2) is 16.6 Å². The van der Waals surface area contributed by atoms with Gasteiger partial charge in [0.05, 0.1) is 9.52 Å². The van der Waals surface area contributed by atoms with Crippen LogP contribution < -0.4 is 0 Å². The molecular formula is C21H38O4Si3. The van der Waals surface area contributed by atoms with Crippen molar-refractivity contribution in [3.8, 4) is 0 Å². The van der Waals surface area contributed by atoms with Gasteiger partial charge in [0.25, 0.3) is 0 Å². The zero-order chi connectivity index (χ0) is 21.4. The van der Waals surface area contributed by atoms with Crippen molar-refractivity contribution < 1.29 is 18.8 Å².